The number of rotatable bonds is 4. The van der Waals surface area contributed by atoms with E-state index in [0.717, 1.165) is 16.3 Å². The van der Waals surface area contributed by atoms with Gasteiger partial charge in [0.1, 0.15) is 5.75 Å². The molecule has 6 nitrogen and oxygen atoms in total. The van der Waals surface area contributed by atoms with Gasteiger partial charge in [0, 0.05) is 23.4 Å². The number of fused-ring (bicyclic) bond motifs is 1. The molecule has 0 aliphatic rings. The van der Waals surface area contributed by atoms with Gasteiger partial charge in [-0.3, -0.25) is 10.1 Å². The monoisotopic (exact) mass is 375 g/mol. The summed E-state index contributed by atoms with van der Waals surface area (Å²) in [5.41, 5.74) is 1.28. The van der Waals surface area contributed by atoms with Crippen molar-refractivity contribution in [3.63, 3.8) is 0 Å². The minimum absolute atomic E-state index is 0.0129. The molecule has 3 rings (SSSR count). The van der Waals surface area contributed by atoms with Gasteiger partial charge in [0.05, 0.1) is 10.5 Å². The molecule has 0 heterocycles. The number of hydrogen-bond donors (Lipinski definition) is 2. The van der Waals surface area contributed by atoms with Crippen molar-refractivity contribution >= 4 is 35.0 Å². The molecule has 0 saturated heterocycles. The zero-order valence-electron chi connectivity index (χ0n) is 13.1. The zero-order valence-corrected chi connectivity index (χ0v) is 14.8. The van der Waals surface area contributed by atoms with Gasteiger partial charge in [-0.2, -0.15) is 0 Å². The molecule has 0 spiro atoms. The molecular formula is C17H14NO5PS. The van der Waals surface area contributed by atoms with Gasteiger partial charge in [-0.15, -0.1) is 0 Å². The lowest BCUT2D eigenvalue weighted by atomic mass is 9.95. The smallest absolute Gasteiger partial charge is 0.375 e. The van der Waals surface area contributed by atoms with E-state index in [1.54, 1.807) is 0 Å². The van der Waals surface area contributed by atoms with Gasteiger partial charge in [-0.25, -0.2) is 0 Å². The molecule has 2 N–H and O–H groups in total. The summed E-state index contributed by atoms with van der Waals surface area (Å²) in [6.07, 6.45) is 0. The molecule has 8 heteroatoms. The van der Waals surface area contributed by atoms with Gasteiger partial charge in [0.25, 0.3) is 5.69 Å². The molecule has 0 amide bonds. The number of benzene rings is 3. The molecule has 0 saturated carbocycles. The van der Waals surface area contributed by atoms with Crippen molar-refractivity contribution in [2.45, 2.75) is 6.92 Å². The third-order valence-corrected chi connectivity index (χ3v) is 4.51. The molecule has 0 unspecified atom stereocenters. The third kappa shape index (κ3) is 3.55. The van der Waals surface area contributed by atoms with Crippen molar-refractivity contribution in [2.75, 3.05) is 0 Å². The quantitative estimate of drug-likeness (QED) is 0.401. The van der Waals surface area contributed by atoms with Crippen LogP contribution < -0.4 is 4.52 Å². The summed E-state index contributed by atoms with van der Waals surface area (Å²) in [4.78, 5) is 29.9. The highest BCUT2D eigenvalue weighted by molar-refractivity contribution is 8.06. The summed E-state index contributed by atoms with van der Waals surface area (Å²) in [7, 11) is 0. The van der Waals surface area contributed by atoms with E-state index in [-0.39, 0.29) is 17.0 Å². The second-order valence-electron chi connectivity index (χ2n) is 5.45. The van der Waals surface area contributed by atoms with Gasteiger partial charge in [-0.05, 0) is 29.3 Å². The third-order valence-electron chi connectivity index (χ3n) is 3.86. The van der Waals surface area contributed by atoms with E-state index in [0.29, 0.717) is 5.56 Å². The van der Waals surface area contributed by atoms with Crippen LogP contribution in [0.5, 0.6) is 5.75 Å². The van der Waals surface area contributed by atoms with Crippen molar-refractivity contribution in [1.29, 1.82) is 0 Å². The molecule has 0 radical (unpaired) electrons. The SMILES string of the molecule is Cc1c([N+](=O)[O-])ccc(-c2cccc3ccccc23)c1OP(O)(O)=S. The van der Waals surface area contributed by atoms with Crippen LogP contribution in [0.3, 0.4) is 0 Å². The normalized spacial score (nSPS) is 11.5. The fourth-order valence-electron chi connectivity index (χ4n) is 2.79. The molecule has 0 aromatic heterocycles. The second kappa shape index (κ2) is 6.54. The van der Waals surface area contributed by atoms with E-state index < -0.39 is 11.6 Å². The first kappa shape index (κ1) is 17.5. The topological polar surface area (TPSA) is 92.8 Å². The zero-order chi connectivity index (χ0) is 18.2. The van der Waals surface area contributed by atoms with Gasteiger partial charge < -0.3 is 14.3 Å². The van der Waals surface area contributed by atoms with E-state index in [2.05, 4.69) is 11.8 Å². The summed E-state index contributed by atoms with van der Waals surface area (Å²) in [6.45, 7) is -2.57. The molecule has 3 aromatic rings. The predicted molar refractivity (Wildman–Crippen MR) is 100 cm³/mol. The Morgan fingerprint density at radius 2 is 1.72 bits per heavy atom. The Labute approximate surface area is 148 Å². The Balaban J connectivity index is 2.33. The maximum Gasteiger partial charge on any atom is 0.375 e. The maximum atomic E-state index is 11.2. The van der Waals surface area contributed by atoms with E-state index in [9.17, 15) is 19.9 Å². The molecule has 0 aliphatic heterocycles. The lowest BCUT2D eigenvalue weighted by Gasteiger charge is -2.17. The van der Waals surface area contributed by atoms with Crippen LogP contribution in [-0.2, 0) is 11.8 Å². The highest BCUT2D eigenvalue weighted by atomic mass is 32.5. The largest absolute Gasteiger partial charge is 0.423 e. The number of nitro groups is 1. The minimum atomic E-state index is -4.06. The van der Waals surface area contributed by atoms with Crippen molar-refractivity contribution < 1.29 is 19.2 Å². The van der Waals surface area contributed by atoms with Gasteiger partial charge >= 0.3 is 6.72 Å². The van der Waals surface area contributed by atoms with Gasteiger partial charge in [0.15, 0.2) is 0 Å². The van der Waals surface area contributed by atoms with Gasteiger partial charge in [-0.1, -0.05) is 42.5 Å². The van der Waals surface area contributed by atoms with E-state index in [1.807, 2.05) is 42.5 Å². The van der Waals surface area contributed by atoms with Crippen LogP contribution in [0.15, 0.2) is 54.6 Å². The number of nitrogens with zero attached hydrogens (tertiary/aromatic N) is 1. The van der Waals surface area contributed by atoms with Crippen LogP contribution >= 0.6 is 6.72 Å². The second-order valence-corrected chi connectivity index (χ2v) is 8.04. The molecule has 0 atom stereocenters. The van der Waals surface area contributed by atoms with Gasteiger partial charge in [0.2, 0.25) is 0 Å². The van der Waals surface area contributed by atoms with Crippen molar-refractivity contribution in [3.05, 3.63) is 70.3 Å². The van der Waals surface area contributed by atoms with E-state index >= 15 is 0 Å². The maximum absolute atomic E-state index is 11.2. The van der Waals surface area contributed by atoms with Crippen LogP contribution in [-0.4, -0.2) is 14.7 Å². The average molecular weight is 375 g/mol. The van der Waals surface area contributed by atoms with E-state index in [4.69, 9.17) is 4.52 Å². The van der Waals surface area contributed by atoms with Crippen LogP contribution in [0.2, 0.25) is 0 Å². The Kier molecular flexibility index (Phi) is 4.58. The Bertz CT molecular complexity index is 1030. The average Bonchev–Trinajstić information content (AvgIpc) is 2.55. The lowest BCUT2D eigenvalue weighted by Crippen LogP contribution is -1.99. The molecule has 0 aliphatic carbocycles. The van der Waals surface area contributed by atoms with Crippen LogP contribution in [0.4, 0.5) is 5.69 Å². The molecular weight excluding hydrogens is 361 g/mol. The highest BCUT2D eigenvalue weighted by Crippen LogP contribution is 2.47. The first-order valence-electron chi connectivity index (χ1n) is 7.29. The summed E-state index contributed by atoms with van der Waals surface area (Å²) in [5.74, 6) is 0.0129. The highest BCUT2D eigenvalue weighted by Gasteiger charge is 2.24. The van der Waals surface area contributed by atoms with Crippen molar-refractivity contribution in [3.8, 4) is 16.9 Å². The summed E-state index contributed by atoms with van der Waals surface area (Å²) in [6, 6.07) is 16.2. The summed E-state index contributed by atoms with van der Waals surface area (Å²) >= 11 is 4.57. The standard InChI is InChI=1S/C17H14NO5PS/c1-11-16(18(19)20)10-9-15(17(11)23-24(21,22)25)14-8-4-6-12-5-2-3-7-13(12)14/h2-10H,1H3,(H2,21,22,25). The summed E-state index contributed by atoms with van der Waals surface area (Å²) < 4.78 is 5.19. The minimum Gasteiger partial charge on any atom is -0.423 e. The van der Waals surface area contributed by atoms with E-state index in [1.165, 1.54) is 19.1 Å². The number of nitro benzene ring substituents is 1. The van der Waals surface area contributed by atoms with Crippen molar-refractivity contribution in [1.82, 2.24) is 0 Å². The van der Waals surface area contributed by atoms with Crippen LogP contribution in [0.1, 0.15) is 5.56 Å². The number of hydrogen-bond acceptors (Lipinski definition) is 4. The molecule has 0 fully saturated rings. The lowest BCUT2D eigenvalue weighted by molar-refractivity contribution is -0.385. The van der Waals surface area contributed by atoms with Crippen molar-refractivity contribution in [2.24, 2.45) is 0 Å². The summed E-state index contributed by atoms with van der Waals surface area (Å²) in [5, 5.41) is 13.1. The predicted octanol–water partition coefficient (Wildman–Crippen LogP) is 4.31. The Morgan fingerprint density at radius 1 is 1.04 bits per heavy atom. The van der Waals surface area contributed by atoms with Crippen LogP contribution in [0, 0.1) is 17.0 Å². The molecule has 0 bridgehead atoms. The first-order chi connectivity index (χ1) is 11.8. The van der Waals surface area contributed by atoms with Crippen LogP contribution in [0.25, 0.3) is 21.9 Å². The first-order valence-corrected chi connectivity index (χ1v) is 9.92. The Hall–Kier alpha value is -2.31. The fourth-order valence-corrected chi connectivity index (χ4v) is 3.48. The molecule has 3 aromatic carbocycles. The molecule has 128 valence electrons. The fraction of sp³-hybridized carbons (Fsp3) is 0.0588. The Morgan fingerprint density at radius 3 is 2.40 bits per heavy atom. The molecule has 25 heavy (non-hydrogen) atoms.